The fourth-order valence-corrected chi connectivity index (χ4v) is 4.29. The van der Waals surface area contributed by atoms with Crippen molar-refractivity contribution in [3.63, 3.8) is 0 Å². The lowest BCUT2D eigenvalue weighted by Gasteiger charge is -2.42. The summed E-state index contributed by atoms with van der Waals surface area (Å²) in [6.07, 6.45) is 1.08. The third-order valence-corrected chi connectivity index (χ3v) is 6.28. The van der Waals surface area contributed by atoms with Crippen molar-refractivity contribution in [2.24, 2.45) is 0 Å². The second kappa shape index (κ2) is 9.80. The number of ether oxygens (including phenoxy) is 2. The normalized spacial score (nSPS) is 21.9. The Balaban J connectivity index is 1.50. The Morgan fingerprint density at radius 3 is 2.59 bits per heavy atom. The van der Waals surface area contributed by atoms with Crippen molar-refractivity contribution in [2.75, 3.05) is 33.1 Å². The SMILES string of the molecule is CN(C)C(=O)C[C@H]1CC[C@H]2[C@@H](COc3ccc(NC(=O)c4ccc(F)cc4)cc3C(=O)N2C)O1. The number of nitrogens with zero attached hydrogens (tertiary/aromatic N) is 2. The number of rotatable bonds is 4. The number of likely N-dealkylation sites (N-methyl/N-ethyl adjacent to an activating group) is 1. The molecular formula is C25H28FN3O5. The maximum Gasteiger partial charge on any atom is 0.257 e. The second-order valence-electron chi connectivity index (χ2n) is 8.83. The largest absolute Gasteiger partial charge is 0.490 e. The van der Waals surface area contributed by atoms with Crippen LogP contribution in [0.4, 0.5) is 10.1 Å². The van der Waals surface area contributed by atoms with Crippen LogP contribution in [0.5, 0.6) is 5.75 Å². The van der Waals surface area contributed by atoms with Gasteiger partial charge < -0.3 is 24.6 Å². The van der Waals surface area contributed by atoms with Crippen LogP contribution in [0.2, 0.25) is 0 Å². The highest BCUT2D eigenvalue weighted by atomic mass is 19.1. The predicted octanol–water partition coefficient (Wildman–Crippen LogP) is 2.94. The Morgan fingerprint density at radius 1 is 1.15 bits per heavy atom. The van der Waals surface area contributed by atoms with Gasteiger partial charge in [-0.3, -0.25) is 14.4 Å². The average molecular weight is 470 g/mol. The number of anilines is 1. The molecule has 1 N–H and O–H groups in total. The van der Waals surface area contributed by atoms with Crippen molar-refractivity contribution in [1.29, 1.82) is 0 Å². The Labute approximate surface area is 197 Å². The molecule has 2 aromatic rings. The molecule has 180 valence electrons. The molecule has 2 heterocycles. The number of carbonyl (C=O) groups is 3. The maximum absolute atomic E-state index is 13.3. The van der Waals surface area contributed by atoms with Gasteiger partial charge in [0.2, 0.25) is 5.91 Å². The fraction of sp³-hybridized carbons (Fsp3) is 0.400. The molecule has 34 heavy (non-hydrogen) atoms. The Kier molecular flexibility index (Phi) is 6.83. The van der Waals surface area contributed by atoms with Gasteiger partial charge in [0.05, 0.1) is 24.1 Å². The molecule has 2 aliphatic heterocycles. The molecular weight excluding hydrogens is 441 g/mol. The lowest BCUT2D eigenvalue weighted by atomic mass is 9.94. The molecule has 1 saturated heterocycles. The number of fused-ring (bicyclic) bond motifs is 2. The minimum absolute atomic E-state index is 0.000188. The van der Waals surface area contributed by atoms with Gasteiger partial charge in [-0.2, -0.15) is 0 Å². The highest BCUT2D eigenvalue weighted by Crippen LogP contribution is 2.32. The molecule has 0 bridgehead atoms. The quantitative estimate of drug-likeness (QED) is 0.744. The molecule has 3 amide bonds. The van der Waals surface area contributed by atoms with E-state index in [9.17, 15) is 18.8 Å². The van der Waals surface area contributed by atoms with Gasteiger partial charge in [-0.15, -0.1) is 0 Å². The third kappa shape index (κ3) is 5.04. The third-order valence-electron chi connectivity index (χ3n) is 6.28. The van der Waals surface area contributed by atoms with Crippen molar-refractivity contribution in [3.8, 4) is 5.75 Å². The fourth-order valence-electron chi connectivity index (χ4n) is 4.29. The predicted molar refractivity (Wildman–Crippen MR) is 123 cm³/mol. The van der Waals surface area contributed by atoms with Crippen LogP contribution in [-0.4, -0.2) is 73.5 Å². The summed E-state index contributed by atoms with van der Waals surface area (Å²) in [5.74, 6) is -0.685. The number of amides is 3. The van der Waals surface area contributed by atoms with Crippen molar-refractivity contribution in [2.45, 2.75) is 37.5 Å². The van der Waals surface area contributed by atoms with E-state index in [4.69, 9.17) is 9.47 Å². The van der Waals surface area contributed by atoms with Crippen LogP contribution < -0.4 is 10.1 Å². The Bertz CT molecular complexity index is 1090. The minimum Gasteiger partial charge on any atom is -0.490 e. The average Bonchev–Trinajstić information content (AvgIpc) is 2.82. The van der Waals surface area contributed by atoms with E-state index in [1.54, 1.807) is 49.1 Å². The summed E-state index contributed by atoms with van der Waals surface area (Å²) in [6.45, 7) is 0.239. The van der Waals surface area contributed by atoms with Crippen molar-refractivity contribution >= 4 is 23.4 Å². The molecule has 0 aromatic heterocycles. The molecule has 0 unspecified atom stereocenters. The van der Waals surface area contributed by atoms with Gasteiger partial charge in [-0.05, 0) is 55.3 Å². The van der Waals surface area contributed by atoms with Crippen molar-refractivity contribution < 1.29 is 28.2 Å². The Hall–Kier alpha value is -3.46. The molecule has 0 saturated carbocycles. The van der Waals surface area contributed by atoms with Crippen LogP contribution in [0.3, 0.4) is 0 Å². The molecule has 0 radical (unpaired) electrons. The first kappa shape index (κ1) is 23.7. The van der Waals surface area contributed by atoms with Gasteiger partial charge >= 0.3 is 0 Å². The van der Waals surface area contributed by atoms with Gasteiger partial charge in [0.1, 0.15) is 24.3 Å². The molecule has 2 aromatic carbocycles. The molecule has 0 aliphatic carbocycles. The zero-order valence-electron chi connectivity index (χ0n) is 19.4. The zero-order valence-corrected chi connectivity index (χ0v) is 19.4. The number of carbonyl (C=O) groups excluding carboxylic acids is 3. The lowest BCUT2D eigenvalue weighted by molar-refractivity contribution is -0.140. The summed E-state index contributed by atoms with van der Waals surface area (Å²) < 4.78 is 25.2. The number of halogens is 1. The summed E-state index contributed by atoms with van der Waals surface area (Å²) in [7, 11) is 5.16. The molecule has 9 heteroatoms. The van der Waals surface area contributed by atoms with Crippen LogP contribution >= 0.6 is 0 Å². The van der Waals surface area contributed by atoms with Gasteiger partial charge in [0.15, 0.2) is 0 Å². The topological polar surface area (TPSA) is 88.2 Å². The van der Waals surface area contributed by atoms with Crippen molar-refractivity contribution in [1.82, 2.24) is 9.80 Å². The minimum atomic E-state index is -0.427. The number of hydrogen-bond acceptors (Lipinski definition) is 5. The summed E-state index contributed by atoms with van der Waals surface area (Å²) in [6, 6.07) is 9.88. The summed E-state index contributed by atoms with van der Waals surface area (Å²) >= 11 is 0. The second-order valence-corrected chi connectivity index (χ2v) is 8.83. The number of benzene rings is 2. The number of hydrogen-bond donors (Lipinski definition) is 1. The number of nitrogens with one attached hydrogen (secondary N) is 1. The molecule has 2 aliphatic rings. The van der Waals surface area contributed by atoms with Crippen LogP contribution in [-0.2, 0) is 9.53 Å². The summed E-state index contributed by atoms with van der Waals surface area (Å²) in [4.78, 5) is 41.1. The lowest BCUT2D eigenvalue weighted by Crippen LogP contribution is -2.53. The maximum atomic E-state index is 13.3. The summed E-state index contributed by atoms with van der Waals surface area (Å²) in [5.41, 5.74) is 1.07. The zero-order chi connectivity index (χ0) is 24.4. The summed E-state index contributed by atoms with van der Waals surface area (Å²) in [5, 5.41) is 2.74. The van der Waals surface area contributed by atoms with Crippen LogP contribution in [0.1, 0.15) is 40.0 Å². The van der Waals surface area contributed by atoms with E-state index >= 15 is 0 Å². The van der Waals surface area contributed by atoms with Gasteiger partial charge in [-0.25, -0.2) is 4.39 Å². The monoisotopic (exact) mass is 469 g/mol. The van der Waals surface area contributed by atoms with E-state index in [0.717, 1.165) is 0 Å². The molecule has 3 atom stereocenters. The first-order valence-corrected chi connectivity index (χ1v) is 11.2. The Morgan fingerprint density at radius 2 is 1.88 bits per heavy atom. The van der Waals surface area contributed by atoms with Gasteiger partial charge in [-0.1, -0.05) is 0 Å². The van der Waals surface area contributed by atoms with Crippen LogP contribution in [0.15, 0.2) is 42.5 Å². The van der Waals surface area contributed by atoms with E-state index < -0.39 is 11.7 Å². The van der Waals surface area contributed by atoms with Gasteiger partial charge in [0.25, 0.3) is 11.8 Å². The van der Waals surface area contributed by atoms with E-state index in [2.05, 4.69) is 5.32 Å². The molecule has 4 rings (SSSR count). The first-order valence-electron chi connectivity index (χ1n) is 11.2. The highest BCUT2D eigenvalue weighted by molar-refractivity contribution is 6.05. The van der Waals surface area contributed by atoms with E-state index in [1.807, 2.05) is 0 Å². The smallest absolute Gasteiger partial charge is 0.257 e. The molecule has 0 spiro atoms. The molecule has 8 nitrogen and oxygen atoms in total. The van der Waals surface area contributed by atoms with Gasteiger partial charge in [0, 0.05) is 32.4 Å². The van der Waals surface area contributed by atoms with E-state index in [-0.39, 0.29) is 36.7 Å². The first-order chi connectivity index (χ1) is 16.2. The highest BCUT2D eigenvalue weighted by Gasteiger charge is 2.39. The van der Waals surface area contributed by atoms with E-state index in [1.165, 1.54) is 24.3 Å². The molecule has 1 fully saturated rings. The standard InChI is InChI=1S/C25H28FN3O5/c1-28(2)23(30)13-18-9-10-20-22(34-18)14-33-21-11-8-17(12-19(21)25(32)29(20)3)27-24(31)15-4-6-16(26)7-5-15/h4-8,11-12,18,20,22H,9-10,13-14H2,1-3H3,(H,27,31)/t18-,20+,22-/m1/s1. The van der Waals surface area contributed by atoms with Crippen molar-refractivity contribution in [3.05, 3.63) is 59.4 Å². The van der Waals surface area contributed by atoms with E-state index in [0.29, 0.717) is 41.8 Å². The van der Waals surface area contributed by atoms with Crippen LogP contribution in [0.25, 0.3) is 0 Å². The van der Waals surface area contributed by atoms with Crippen LogP contribution in [0, 0.1) is 5.82 Å².